The molecule has 0 radical (unpaired) electrons. The van der Waals surface area contributed by atoms with E-state index in [9.17, 15) is 17.6 Å². The Hall–Kier alpha value is -3.32. The number of halogens is 1. The number of aromatic nitrogens is 3. The number of morpholine rings is 1. The molecular weight excluding hydrogens is 541 g/mol. The molecule has 0 saturated carbocycles. The highest BCUT2D eigenvalue weighted by Crippen LogP contribution is 2.28. The molecule has 3 aromatic rings. The molecule has 12 heteroatoms. The standard InChI is InChI=1S/C27H30FN5O4S2/c1-3-12-31(13-4-2)25(34)20-38-27-30-29-26(33(27)19-21-8-10-23(28)11-9-21)22-6-5-7-24(18-22)39(35,36)32-14-16-37-17-15-32/h3-11,18H,1-2,12-17,19-20H2. The zero-order valence-electron chi connectivity index (χ0n) is 21.4. The van der Waals surface area contributed by atoms with E-state index in [1.54, 1.807) is 58.0 Å². The molecule has 0 N–H and O–H groups in total. The third-order valence-electron chi connectivity index (χ3n) is 6.05. The highest BCUT2D eigenvalue weighted by Gasteiger charge is 2.27. The summed E-state index contributed by atoms with van der Waals surface area (Å²) in [7, 11) is -3.72. The Bertz CT molecular complexity index is 1410. The first kappa shape index (κ1) is 28.7. The summed E-state index contributed by atoms with van der Waals surface area (Å²) in [5.74, 6) is 0.0707. The van der Waals surface area contributed by atoms with E-state index in [2.05, 4.69) is 23.4 Å². The van der Waals surface area contributed by atoms with E-state index in [-0.39, 0.29) is 35.5 Å². The molecule has 1 saturated heterocycles. The van der Waals surface area contributed by atoms with Crippen LogP contribution in [0.1, 0.15) is 5.56 Å². The van der Waals surface area contributed by atoms with Gasteiger partial charge in [0.25, 0.3) is 0 Å². The minimum Gasteiger partial charge on any atom is -0.379 e. The number of amides is 1. The van der Waals surface area contributed by atoms with Gasteiger partial charge in [-0.1, -0.05) is 48.2 Å². The Labute approximate surface area is 232 Å². The van der Waals surface area contributed by atoms with Crippen LogP contribution in [-0.2, 0) is 26.1 Å². The molecule has 0 bridgehead atoms. The van der Waals surface area contributed by atoms with E-state index >= 15 is 0 Å². The van der Waals surface area contributed by atoms with Gasteiger partial charge in [-0.25, -0.2) is 12.8 Å². The summed E-state index contributed by atoms with van der Waals surface area (Å²) >= 11 is 1.22. The number of carbonyl (C=O) groups excluding carboxylic acids is 1. The first-order valence-corrected chi connectivity index (χ1v) is 14.7. The number of sulfonamides is 1. The SMILES string of the molecule is C=CCN(CC=C)C(=O)CSc1nnc(-c2cccc(S(=O)(=O)N3CCOCC3)c2)n1Cc1ccc(F)cc1. The number of rotatable bonds is 12. The van der Waals surface area contributed by atoms with Crippen LogP contribution < -0.4 is 0 Å². The van der Waals surface area contributed by atoms with Gasteiger partial charge in [0.15, 0.2) is 11.0 Å². The summed E-state index contributed by atoms with van der Waals surface area (Å²) in [4.78, 5) is 14.6. The van der Waals surface area contributed by atoms with E-state index in [1.807, 2.05) is 0 Å². The molecule has 206 valence electrons. The molecule has 1 amide bonds. The number of hydrogen-bond acceptors (Lipinski definition) is 7. The number of nitrogens with zero attached hydrogens (tertiary/aromatic N) is 5. The second-order valence-corrected chi connectivity index (χ2v) is 11.6. The van der Waals surface area contributed by atoms with Gasteiger partial charge in [0.1, 0.15) is 5.82 Å². The van der Waals surface area contributed by atoms with Crippen LogP contribution in [-0.4, -0.2) is 83.4 Å². The Morgan fingerprint density at radius 2 is 1.77 bits per heavy atom. The molecule has 1 aliphatic heterocycles. The highest BCUT2D eigenvalue weighted by molar-refractivity contribution is 7.99. The molecule has 9 nitrogen and oxygen atoms in total. The molecule has 2 aromatic carbocycles. The third kappa shape index (κ3) is 7.01. The first-order valence-electron chi connectivity index (χ1n) is 12.3. The van der Waals surface area contributed by atoms with Crippen molar-refractivity contribution in [2.45, 2.75) is 16.6 Å². The summed E-state index contributed by atoms with van der Waals surface area (Å²) in [6.07, 6.45) is 3.30. The van der Waals surface area contributed by atoms with E-state index in [1.165, 1.54) is 28.2 Å². The fourth-order valence-electron chi connectivity index (χ4n) is 4.06. The van der Waals surface area contributed by atoms with Crippen molar-refractivity contribution in [3.63, 3.8) is 0 Å². The number of carbonyl (C=O) groups is 1. The molecule has 0 atom stereocenters. The lowest BCUT2D eigenvalue weighted by molar-refractivity contribution is -0.127. The fourth-order valence-corrected chi connectivity index (χ4v) is 6.36. The zero-order valence-corrected chi connectivity index (χ0v) is 23.0. The molecular formula is C27H30FN5O4S2. The van der Waals surface area contributed by atoms with Crippen molar-refractivity contribution in [3.05, 3.63) is 85.2 Å². The average Bonchev–Trinajstić information content (AvgIpc) is 3.35. The monoisotopic (exact) mass is 571 g/mol. The second-order valence-electron chi connectivity index (χ2n) is 8.73. The molecule has 2 heterocycles. The van der Waals surface area contributed by atoms with Crippen LogP contribution in [0.3, 0.4) is 0 Å². The van der Waals surface area contributed by atoms with Gasteiger partial charge in [-0.05, 0) is 29.8 Å². The predicted octanol–water partition coefficient (Wildman–Crippen LogP) is 3.45. The molecule has 1 fully saturated rings. The lowest BCUT2D eigenvalue weighted by Crippen LogP contribution is -2.40. The zero-order chi connectivity index (χ0) is 27.8. The summed E-state index contributed by atoms with van der Waals surface area (Å²) < 4.78 is 48.6. The lowest BCUT2D eigenvalue weighted by atomic mass is 10.2. The van der Waals surface area contributed by atoms with Crippen molar-refractivity contribution < 1.29 is 22.3 Å². The quantitative estimate of drug-likeness (QED) is 0.243. The van der Waals surface area contributed by atoms with Crippen LogP contribution in [0.2, 0.25) is 0 Å². The van der Waals surface area contributed by atoms with Crippen LogP contribution >= 0.6 is 11.8 Å². The topological polar surface area (TPSA) is 97.6 Å². The van der Waals surface area contributed by atoms with E-state index in [0.29, 0.717) is 49.4 Å². The maximum Gasteiger partial charge on any atom is 0.243 e. The minimum absolute atomic E-state index is 0.106. The van der Waals surface area contributed by atoms with Crippen molar-refractivity contribution in [1.29, 1.82) is 0 Å². The Balaban J connectivity index is 1.66. The fraction of sp³-hybridized carbons (Fsp3) is 0.296. The Kier molecular flexibility index (Phi) is 9.68. The third-order valence-corrected chi connectivity index (χ3v) is 8.89. The Morgan fingerprint density at radius 1 is 1.08 bits per heavy atom. The van der Waals surface area contributed by atoms with Gasteiger partial charge in [0.05, 0.1) is 30.4 Å². The van der Waals surface area contributed by atoms with Crippen molar-refractivity contribution in [3.8, 4) is 11.4 Å². The van der Waals surface area contributed by atoms with Crippen molar-refractivity contribution >= 4 is 27.7 Å². The number of thioether (sulfide) groups is 1. The van der Waals surface area contributed by atoms with Gasteiger partial charge in [-0.2, -0.15) is 4.31 Å². The van der Waals surface area contributed by atoms with Crippen molar-refractivity contribution in [2.75, 3.05) is 45.1 Å². The van der Waals surface area contributed by atoms with Gasteiger partial charge < -0.3 is 9.64 Å². The summed E-state index contributed by atoms with van der Waals surface area (Å²) in [6, 6.07) is 12.6. The van der Waals surface area contributed by atoms with Crippen molar-refractivity contribution in [2.24, 2.45) is 0 Å². The molecule has 1 aliphatic rings. The maximum absolute atomic E-state index is 13.5. The maximum atomic E-state index is 13.5. The van der Waals surface area contributed by atoms with Crippen LogP contribution in [0.4, 0.5) is 4.39 Å². The lowest BCUT2D eigenvalue weighted by Gasteiger charge is -2.26. The molecule has 0 unspecified atom stereocenters. The van der Waals surface area contributed by atoms with Crippen LogP contribution in [0, 0.1) is 5.82 Å². The molecule has 0 aliphatic carbocycles. The largest absolute Gasteiger partial charge is 0.379 e. The average molecular weight is 572 g/mol. The van der Waals surface area contributed by atoms with Crippen LogP contribution in [0.5, 0.6) is 0 Å². The first-order chi connectivity index (χ1) is 18.8. The minimum atomic E-state index is -3.72. The second kappa shape index (κ2) is 13.2. The smallest absolute Gasteiger partial charge is 0.243 e. The molecule has 4 rings (SSSR count). The summed E-state index contributed by atoms with van der Waals surface area (Å²) in [5.41, 5.74) is 1.35. The predicted molar refractivity (Wildman–Crippen MR) is 148 cm³/mol. The molecule has 39 heavy (non-hydrogen) atoms. The van der Waals surface area contributed by atoms with Gasteiger partial charge in [0, 0.05) is 31.7 Å². The van der Waals surface area contributed by atoms with Gasteiger partial charge in [0.2, 0.25) is 15.9 Å². The molecule has 0 spiro atoms. The number of benzene rings is 2. The van der Waals surface area contributed by atoms with Gasteiger partial charge >= 0.3 is 0 Å². The van der Waals surface area contributed by atoms with Gasteiger partial charge in [-0.3, -0.25) is 9.36 Å². The summed E-state index contributed by atoms with van der Waals surface area (Å²) in [6.45, 7) is 9.76. The van der Waals surface area contributed by atoms with Crippen LogP contribution in [0.25, 0.3) is 11.4 Å². The van der Waals surface area contributed by atoms with Crippen LogP contribution in [0.15, 0.2) is 83.9 Å². The van der Waals surface area contributed by atoms with E-state index < -0.39 is 10.0 Å². The normalized spacial score (nSPS) is 14.2. The summed E-state index contributed by atoms with van der Waals surface area (Å²) in [5, 5.41) is 9.16. The number of hydrogen-bond donors (Lipinski definition) is 0. The Morgan fingerprint density at radius 3 is 2.44 bits per heavy atom. The highest BCUT2D eigenvalue weighted by atomic mass is 32.2. The van der Waals surface area contributed by atoms with E-state index in [4.69, 9.17) is 4.74 Å². The van der Waals surface area contributed by atoms with E-state index in [0.717, 1.165) is 5.56 Å². The van der Waals surface area contributed by atoms with Gasteiger partial charge in [-0.15, -0.1) is 23.4 Å². The number of ether oxygens (including phenoxy) is 1. The molecule has 1 aromatic heterocycles. The van der Waals surface area contributed by atoms with Crippen molar-refractivity contribution in [1.82, 2.24) is 24.0 Å².